The molecule has 4 aromatic carbocycles. The Hall–Kier alpha value is -6.10. The molecular formula is C40H42FN7O3. The normalized spacial score (nSPS) is 12.0. The number of carbonyl (C=O) groups is 3. The highest BCUT2D eigenvalue weighted by atomic mass is 19.1. The molecule has 0 aliphatic rings. The van der Waals surface area contributed by atoms with Crippen molar-refractivity contribution >= 4 is 34.5 Å². The van der Waals surface area contributed by atoms with E-state index in [-0.39, 0.29) is 30.4 Å². The Morgan fingerprint density at radius 1 is 0.824 bits per heavy atom. The molecule has 0 saturated carbocycles. The van der Waals surface area contributed by atoms with Gasteiger partial charge in [-0.25, -0.2) is 4.39 Å². The zero-order valence-corrected chi connectivity index (χ0v) is 28.5. The first-order valence-corrected chi connectivity index (χ1v) is 16.8. The predicted molar refractivity (Wildman–Crippen MR) is 197 cm³/mol. The molecule has 262 valence electrons. The molecule has 0 saturated heterocycles. The standard InChI is InChI=1S/C40H42FN7O3/c1-27(34-9-4-7-30-6-2-3-8-35(30)34)46-38(50)36(10-5-22-45-40(42)43)47-37(49)31-13-11-29(12-14-31)26-48(25-21-28-19-23-44-24-20-28)39(51)32-15-17-33(41)18-16-32/h2-4,6-9,11-20,23-24,27,36H,5,10,21-22,25-26H2,1H3,(H,46,50)(H,47,49)(H4,42,43,45)/t27-,36-/m0/s1. The zero-order chi connectivity index (χ0) is 36.2. The van der Waals surface area contributed by atoms with Crippen LogP contribution in [0.3, 0.4) is 0 Å². The van der Waals surface area contributed by atoms with Gasteiger partial charge in [0.2, 0.25) is 5.91 Å². The second-order valence-corrected chi connectivity index (χ2v) is 12.3. The number of hydrogen-bond acceptors (Lipinski definition) is 5. The first-order chi connectivity index (χ1) is 24.7. The SMILES string of the molecule is C[C@H](NC(=O)[C@H](CCCN=C(N)N)NC(=O)c1ccc(CN(CCc2ccncc2)C(=O)c2ccc(F)cc2)cc1)c1cccc2ccccc12. The number of nitrogens with two attached hydrogens (primary N) is 2. The van der Waals surface area contributed by atoms with Crippen LogP contribution >= 0.6 is 0 Å². The maximum atomic E-state index is 13.6. The lowest BCUT2D eigenvalue weighted by molar-refractivity contribution is -0.123. The van der Waals surface area contributed by atoms with Gasteiger partial charge in [0.05, 0.1) is 6.04 Å². The summed E-state index contributed by atoms with van der Waals surface area (Å²) in [6.07, 6.45) is 4.79. The molecule has 6 N–H and O–H groups in total. The summed E-state index contributed by atoms with van der Waals surface area (Å²) in [4.78, 5) is 50.4. The topological polar surface area (TPSA) is 156 Å². The molecular weight excluding hydrogens is 645 g/mol. The third-order valence-electron chi connectivity index (χ3n) is 8.60. The fourth-order valence-electron chi connectivity index (χ4n) is 5.86. The second-order valence-electron chi connectivity index (χ2n) is 12.3. The highest BCUT2D eigenvalue weighted by Crippen LogP contribution is 2.24. The molecule has 3 amide bonds. The molecule has 0 unspecified atom stereocenters. The van der Waals surface area contributed by atoms with E-state index in [1.54, 1.807) is 41.6 Å². The van der Waals surface area contributed by atoms with E-state index in [1.807, 2.05) is 61.5 Å². The van der Waals surface area contributed by atoms with Gasteiger partial charge in [-0.05, 0) is 102 Å². The lowest BCUT2D eigenvalue weighted by Crippen LogP contribution is -2.47. The third kappa shape index (κ3) is 10.2. The monoisotopic (exact) mass is 687 g/mol. The van der Waals surface area contributed by atoms with E-state index < -0.39 is 17.8 Å². The minimum Gasteiger partial charge on any atom is -0.370 e. The number of fused-ring (bicyclic) bond motifs is 1. The number of benzene rings is 4. The van der Waals surface area contributed by atoms with E-state index in [9.17, 15) is 18.8 Å². The molecule has 5 rings (SSSR count). The fourth-order valence-corrected chi connectivity index (χ4v) is 5.86. The van der Waals surface area contributed by atoms with E-state index >= 15 is 0 Å². The molecule has 0 bridgehead atoms. The number of guanidine groups is 1. The summed E-state index contributed by atoms with van der Waals surface area (Å²) in [5, 5.41) is 8.08. The van der Waals surface area contributed by atoms with Crippen molar-refractivity contribution in [3.63, 3.8) is 0 Å². The summed E-state index contributed by atoms with van der Waals surface area (Å²) < 4.78 is 13.6. The predicted octanol–water partition coefficient (Wildman–Crippen LogP) is 5.29. The van der Waals surface area contributed by atoms with Crippen molar-refractivity contribution in [2.75, 3.05) is 13.1 Å². The van der Waals surface area contributed by atoms with E-state index in [0.717, 1.165) is 27.5 Å². The molecule has 0 radical (unpaired) electrons. The zero-order valence-electron chi connectivity index (χ0n) is 28.5. The van der Waals surface area contributed by atoms with Crippen molar-refractivity contribution in [2.45, 2.75) is 44.8 Å². The van der Waals surface area contributed by atoms with Crippen molar-refractivity contribution in [3.05, 3.63) is 149 Å². The Kier molecular flexibility index (Phi) is 12.4. The Morgan fingerprint density at radius 2 is 1.51 bits per heavy atom. The third-order valence-corrected chi connectivity index (χ3v) is 8.60. The molecule has 1 heterocycles. The molecule has 5 aromatic rings. The number of aliphatic imine (C=N–C) groups is 1. The van der Waals surface area contributed by atoms with Gasteiger partial charge in [-0.1, -0.05) is 54.6 Å². The molecule has 10 nitrogen and oxygen atoms in total. The number of halogens is 1. The van der Waals surface area contributed by atoms with Crippen LogP contribution in [0, 0.1) is 5.82 Å². The first-order valence-electron chi connectivity index (χ1n) is 16.8. The fraction of sp³-hybridized carbons (Fsp3) is 0.225. The van der Waals surface area contributed by atoms with E-state index in [4.69, 9.17) is 11.5 Å². The second kappa shape index (κ2) is 17.5. The molecule has 0 spiro atoms. The number of nitrogens with zero attached hydrogens (tertiary/aromatic N) is 3. The Balaban J connectivity index is 1.28. The minimum absolute atomic E-state index is 0.0417. The van der Waals surface area contributed by atoms with Crippen LogP contribution in [0.15, 0.2) is 121 Å². The van der Waals surface area contributed by atoms with Crippen LogP contribution in [-0.2, 0) is 17.8 Å². The van der Waals surface area contributed by atoms with Crippen molar-refractivity contribution in [3.8, 4) is 0 Å². The molecule has 0 aliphatic heterocycles. The molecule has 51 heavy (non-hydrogen) atoms. The largest absolute Gasteiger partial charge is 0.370 e. The number of amides is 3. The van der Waals surface area contributed by atoms with Crippen molar-refractivity contribution in [1.82, 2.24) is 20.5 Å². The maximum absolute atomic E-state index is 13.6. The first kappa shape index (κ1) is 36.2. The number of aromatic nitrogens is 1. The Bertz CT molecular complexity index is 1960. The number of rotatable bonds is 15. The van der Waals surface area contributed by atoms with Crippen LogP contribution in [-0.4, -0.2) is 52.7 Å². The number of nitrogens with one attached hydrogen (secondary N) is 2. The van der Waals surface area contributed by atoms with Gasteiger partial charge < -0.3 is 27.0 Å². The van der Waals surface area contributed by atoms with Crippen LogP contribution < -0.4 is 22.1 Å². The summed E-state index contributed by atoms with van der Waals surface area (Å²) >= 11 is 0. The number of pyridine rings is 1. The maximum Gasteiger partial charge on any atom is 0.254 e. The molecule has 1 aromatic heterocycles. The van der Waals surface area contributed by atoms with Crippen molar-refractivity contribution in [1.29, 1.82) is 0 Å². The molecule has 0 aliphatic carbocycles. The van der Waals surface area contributed by atoms with Crippen LogP contribution in [0.25, 0.3) is 10.8 Å². The van der Waals surface area contributed by atoms with Gasteiger partial charge in [0.1, 0.15) is 11.9 Å². The summed E-state index contributed by atoms with van der Waals surface area (Å²) in [5.74, 6) is -1.44. The number of carbonyl (C=O) groups excluding carboxylic acids is 3. The van der Waals surface area contributed by atoms with Crippen LogP contribution in [0.2, 0.25) is 0 Å². The molecule has 0 fully saturated rings. The quantitative estimate of drug-likeness (QED) is 0.0666. The van der Waals surface area contributed by atoms with E-state index in [1.165, 1.54) is 24.3 Å². The molecule has 2 atom stereocenters. The van der Waals surface area contributed by atoms with E-state index in [2.05, 4.69) is 20.6 Å². The highest BCUT2D eigenvalue weighted by molar-refractivity contribution is 5.98. The van der Waals surface area contributed by atoms with E-state index in [0.29, 0.717) is 43.5 Å². The lowest BCUT2D eigenvalue weighted by Gasteiger charge is -2.24. The minimum atomic E-state index is -0.846. The van der Waals surface area contributed by atoms with Gasteiger partial charge in [0.25, 0.3) is 11.8 Å². The van der Waals surface area contributed by atoms with Crippen molar-refractivity contribution < 1.29 is 18.8 Å². The van der Waals surface area contributed by atoms with Crippen molar-refractivity contribution in [2.24, 2.45) is 16.5 Å². The smallest absolute Gasteiger partial charge is 0.254 e. The van der Waals surface area contributed by atoms with Crippen LogP contribution in [0.1, 0.15) is 63.2 Å². The average molecular weight is 688 g/mol. The van der Waals surface area contributed by atoms with Gasteiger partial charge in [-0.3, -0.25) is 24.4 Å². The highest BCUT2D eigenvalue weighted by Gasteiger charge is 2.24. The van der Waals surface area contributed by atoms with Gasteiger partial charge in [-0.2, -0.15) is 0 Å². The Labute approximate surface area is 296 Å². The van der Waals surface area contributed by atoms with Crippen LogP contribution in [0.4, 0.5) is 4.39 Å². The molecule has 11 heteroatoms. The lowest BCUT2D eigenvalue weighted by atomic mass is 9.99. The van der Waals surface area contributed by atoms with Crippen LogP contribution in [0.5, 0.6) is 0 Å². The summed E-state index contributed by atoms with van der Waals surface area (Å²) in [6, 6.07) is 28.9. The summed E-state index contributed by atoms with van der Waals surface area (Å²) in [5.41, 5.74) is 14.5. The van der Waals surface area contributed by atoms with Gasteiger partial charge in [-0.15, -0.1) is 0 Å². The summed E-state index contributed by atoms with van der Waals surface area (Å²) in [7, 11) is 0. The Morgan fingerprint density at radius 3 is 2.24 bits per heavy atom. The average Bonchev–Trinajstić information content (AvgIpc) is 3.14. The van der Waals surface area contributed by atoms with Gasteiger partial charge in [0.15, 0.2) is 5.96 Å². The summed E-state index contributed by atoms with van der Waals surface area (Å²) in [6.45, 7) is 2.91. The number of hydrogen-bond donors (Lipinski definition) is 4. The van der Waals surface area contributed by atoms with Gasteiger partial charge >= 0.3 is 0 Å². The van der Waals surface area contributed by atoms with Gasteiger partial charge in [0, 0.05) is 43.2 Å².